The average molecular weight is 322 g/mol. The second-order valence-electron chi connectivity index (χ2n) is 6.75. The Morgan fingerprint density at radius 3 is 2.48 bits per heavy atom. The number of rotatable bonds is 5. The normalized spacial score (nSPS) is 27.7. The van der Waals surface area contributed by atoms with Crippen LogP contribution in [0, 0.1) is 5.92 Å². The average Bonchev–Trinajstić information content (AvgIpc) is 2.93. The maximum Gasteiger partial charge on any atom is 0.237 e. The molecule has 3 atom stereocenters. The zero-order chi connectivity index (χ0) is 17.0. The zero-order valence-electron chi connectivity index (χ0n) is 14.6. The monoisotopic (exact) mass is 322 g/mol. The molecule has 0 aromatic rings. The van der Waals surface area contributed by atoms with Crippen LogP contribution in [0.2, 0.25) is 0 Å². The van der Waals surface area contributed by atoms with Gasteiger partial charge in [-0.15, -0.1) is 6.58 Å². The van der Waals surface area contributed by atoms with Crippen molar-refractivity contribution in [3.63, 3.8) is 0 Å². The van der Waals surface area contributed by atoms with Crippen molar-refractivity contribution in [1.29, 1.82) is 0 Å². The molecule has 0 bridgehead atoms. The number of nitrogens with zero attached hydrogens (tertiary/aromatic N) is 3. The van der Waals surface area contributed by atoms with E-state index in [2.05, 4.69) is 28.6 Å². The summed E-state index contributed by atoms with van der Waals surface area (Å²) in [5.41, 5.74) is 0. The number of carbonyl (C=O) groups is 2. The molecule has 0 saturated carbocycles. The lowest BCUT2D eigenvalue weighted by Gasteiger charge is -2.39. The van der Waals surface area contributed by atoms with Crippen molar-refractivity contribution in [2.45, 2.75) is 32.9 Å². The molecule has 2 amide bonds. The zero-order valence-corrected chi connectivity index (χ0v) is 14.6. The van der Waals surface area contributed by atoms with Crippen molar-refractivity contribution < 1.29 is 9.59 Å². The first kappa shape index (κ1) is 17.9. The maximum absolute atomic E-state index is 12.1. The van der Waals surface area contributed by atoms with E-state index < -0.39 is 0 Å². The molecule has 0 aromatic carbocycles. The highest BCUT2D eigenvalue weighted by molar-refractivity contribution is 5.81. The van der Waals surface area contributed by atoms with Crippen LogP contribution in [-0.2, 0) is 9.59 Å². The van der Waals surface area contributed by atoms with Crippen molar-refractivity contribution in [3.05, 3.63) is 12.7 Å². The molecular formula is C17H30N4O2. The summed E-state index contributed by atoms with van der Waals surface area (Å²) in [6.07, 6.45) is 1.70. The molecule has 2 saturated heterocycles. The molecule has 2 rings (SSSR count). The number of hydrogen-bond donors (Lipinski definition) is 1. The molecule has 2 aliphatic rings. The Bertz CT molecular complexity index is 446. The van der Waals surface area contributed by atoms with Crippen molar-refractivity contribution in [2.24, 2.45) is 5.92 Å². The van der Waals surface area contributed by atoms with Gasteiger partial charge in [0.1, 0.15) is 0 Å². The molecule has 0 spiro atoms. The first-order valence-corrected chi connectivity index (χ1v) is 8.56. The van der Waals surface area contributed by atoms with Gasteiger partial charge in [0.05, 0.1) is 6.04 Å². The van der Waals surface area contributed by atoms with Crippen LogP contribution in [0.4, 0.5) is 0 Å². The summed E-state index contributed by atoms with van der Waals surface area (Å²) in [6, 6.07) is 0.361. The van der Waals surface area contributed by atoms with Crippen LogP contribution in [0.5, 0.6) is 0 Å². The Balaban J connectivity index is 1.87. The Kier molecular flexibility index (Phi) is 6.18. The predicted octanol–water partition coefficient (Wildman–Crippen LogP) is 0.162. The Labute approximate surface area is 139 Å². The van der Waals surface area contributed by atoms with Gasteiger partial charge in [-0.25, -0.2) is 0 Å². The van der Waals surface area contributed by atoms with E-state index in [1.165, 1.54) is 0 Å². The first-order chi connectivity index (χ1) is 10.9. The number of amides is 2. The third kappa shape index (κ3) is 4.32. The molecule has 2 aliphatic heterocycles. The van der Waals surface area contributed by atoms with Crippen molar-refractivity contribution in [3.8, 4) is 0 Å². The molecular weight excluding hydrogens is 292 g/mol. The fourth-order valence-corrected chi connectivity index (χ4v) is 3.63. The molecule has 0 aromatic heterocycles. The summed E-state index contributed by atoms with van der Waals surface area (Å²) in [6.45, 7) is 15.4. The summed E-state index contributed by atoms with van der Waals surface area (Å²) in [5, 5.41) is 2.88. The van der Waals surface area contributed by atoms with Gasteiger partial charge in [0.2, 0.25) is 11.8 Å². The van der Waals surface area contributed by atoms with E-state index in [9.17, 15) is 9.59 Å². The highest BCUT2D eigenvalue weighted by Crippen LogP contribution is 2.24. The number of likely N-dealkylation sites (tertiary alicyclic amines) is 1. The molecule has 23 heavy (non-hydrogen) atoms. The lowest BCUT2D eigenvalue weighted by molar-refractivity contribution is -0.131. The van der Waals surface area contributed by atoms with E-state index in [0.29, 0.717) is 18.5 Å². The standard InChI is InChI=1S/C17H30N4O2/c1-5-6-18-17(23)14(3)21-11-13(2)16(12-21)20-9-7-19(8-10-20)15(4)22/h5,13-14,16H,1,6-12H2,2-4H3,(H,18,23)/t13-,14-,16-/m0/s1. The summed E-state index contributed by atoms with van der Waals surface area (Å²) < 4.78 is 0. The third-order valence-corrected chi connectivity index (χ3v) is 5.18. The van der Waals surface area contributed by atoms with Crippen molar-refractivity contribution in [2.75, 3.05) is 45.8 Å². The fraction of sp³-hybridized carbons (Fsp3) is 0.765. The van der Waals surface area contributed by atoms with E-state index in [0.717, 1.165) is 39.3 Å². The lowest BCUT2D eigenvalue weighted by Crippen LogP contribution is -2.53. The van der Waals surface area contributed by atoms with Gasteiger partial charge in [-0.2, -0.15) is 0 Å². The van der Waals surface area contributed by atoms with Gasteiger partial charge >= 0.3 is 0 Å². The molecule has 6 heteroatoms. The Morgan fingerprint density at radius 2 is 1.91 bits per heavy atom. The van der Waals surface area contributed by atoms with Gasteiger partial charge in [-0.3, -0.25) is 19.4 Å². The highest BCUT2D eigenvalue weighted by Gasteiger charge is 2.38. The minimum absolute atomic E-state index is 0.0687. The summed E-state index contributed by atoms with van der Waals surface area (Å²) in [4.78, 5) is 30.2. The van der Waals surface area contributed by atoms with E-state index in [-0.39, 0.29) is 17.9 Å². The van der Waals surface area contributed by atoms with E-state index in [1.54, 1.807) is 13.0 Å². The quantitative estimate of drug-likeness (QED) is 0.733. The molecule has 1 N–H and O–H groups in total. The molecule has 0 radical (unpaired) electrons. The van der Waals surface area contributed by atoms with Gasteiger partial charge in [0.25, 0.3) is 0 Å². The van der Waals surface area contributed by atoms with Crippen molar-refractivity contribution >= 4 is 11.8 Å². The Morgan fingerprint density at radius 1 is 1.26 bits per heavy atom. The van der Waals surface area contributed by atoms with Gasteiger partial charge in [-0.05, 0) is 12.8 Å². The van der Waals surface area contributed by atoms with Crippen molar-refractivity contribution in [1.82, 2.24) is 20.0 Å². The molecule has 130 valence electrons. The van der Waals surface area contributed by atoms with E-state index >= 15 is 0 Å². The topological polar surface area (TPSA) is 55.9 Å². The van der Waals surface area contributed by atoms with Crippen LogP contribution in [0.3, 0.4) is 0 Å². The van der Waals surface area contributed by atoms with Crippen LogP contribution in [-0.4, -0.2) is 84.4 Å². The fourth-order valence-electron chi connectivity index (χ4n) is 3.63. The van der Waals surface area contributed by atoms with Crippen LogP contribution >= 0.6 is 0 Å². The molecule has 2 heterocycles. The molecule has 6 nitrogen and oxygen atoms in total. The minimum atomic E-state index is -0.110. The highest BCUT2D eigenvalue weighted by atomic mass is 16.2. The van der Waals surface area contributed by atoms with Gasteiger partial charge in [-0.1, -0.05) is 13.0 Å². The van der Waals surface area contributed by atoms with Gasteiger partial charge < -0.3 is 10.2 Å². The van der Waals surface area contributed by atoms with Crippen LogP contribution in [0.1, 0.15) is 20.8 Å². The maximum atomic E-state index is 12.1. The predicted molar refractivity (Wildman–Crippen MR) is 91.0 cm³/mol. The number of carbonyl (C=O) groups excluding carboxylic acids is 2. The van der Waals surface area contributed by atoms with Crippen LogP contribution in [0.15, 0.2) is 12.7 Å². The molecule has 0 unspecified atom stereocenters. The molecule has 2 fully saturated rings. The largest absolute Gasteiger partial charge is 0.351 e. The second-order valence-corrected chi connectivity index (χ2v) is 6.75. The lowest BCUT2D eigenvalue weighted by atomic mass is 10.0. The van der Waals surface area contributed by atoms with Gasteiger partial charge in [0, 0.05) is 58.8 Å². The number of piperazine rings is 1. The van der Waals surface area contributed by atoms with E-state index in [4.69, 9.17) is 0 Å². The van der Waals surface area contributed by atoms with Crippen LogP contribution < -0.4 is 5.32 Å². The number of nitrogens with one attached hydrogen (secondary N) is 1. The Hall–Kier alpha value is -1.40. The summed E-state index contributed by atoms with van der Waals surface area (Å²) >= 11 is 0. The first-order valence-electron chi connectivity index (χ1n) is 8.56. The molecule has 0 aliphatic carbocycles. The second kappa shape index (κ2) is 7.93. The minimum Gasteiger partial charge on any atom is -0.351 e. The van der Waals surface area contributed by atoms with Gasteiger partial charge in [0.15, 0.2) is 0 Å². The smallest absolute Gasteiger partial charge is 0.237 e. The number of hydrogen-bond acceptors (Lipinski definition) is 4. The van der Waals surface area contributed by atoms with Crippen LogP contribution in [0.25, 0.3) is 0 Å². The summed E-state index contributed by atoms with van der Waals surface area (Å²) in [5.74, 6) is 0.769. The third-order valence-electron chi connectivity index (χ3n) is 5.18. The SMILES string of the molecule is C=CCNC(=O)[C@H](C)N1C[C@H](C)[C@@H](N2CCN(C(C)=O)CC2)C1. The van der Waals surface area contributed by atoms with E-state index in [1.807, 2.05) is 11.8 Å². The summed E-state index contributed by atoms with van der Waals surface area (Å²) in [7, 11) is 0.